The van der Waals surface area contributed by atoms with E-state index in [1.807, 2.05) is 91.9 Å². The fourth-order valence-electron chi connectivity index (χ4n) is 3.28. The van der Waals surface area contributed by atoms with E-state index in [1.54, 1.807) is 35.1 Å². The summed E-state index contributed by atoms with van der Waals surface area (Å²) in [6.07, 6.45) is 0. The molecular weight excluding hydrogens is 436 g/mol. The maximum atomic E-state index is 13.3. The van der Waals surface area contributed by atoms with Crippen LogP contribution in [0, 0.1) is 6.92 Å². The molecule has 0 spiro atoms. The number of aromatic nitrogens is 1. The van der Waals surface area contributed by atoms with Crippen molar-refractivity contribution in [3.05, 3.63) is 95.4 Å². The third-order valence-electron chi connectivity index (χ3n) is 4.97. The lowest BCUT2D eigenvalue weighted by atomic mass is 10.1. The molecule has 32 heavy (non-hydrogen) atoms. The summed E-state index contributed by atoms with van der Waals surface area (Å²) in [6, 6.07) is 27.9. The van der Waals surface area contributed by atoms with Crippen LogP contribution in [0.4, 0.5) is 5.13 Å². The van der Waals surface area contributed by atoms with Crippen LogP contribution >= 0.6 is 23.1 Å². The van der Waals surface area contributed by atoms with Gasteiger partial charge in [0.05, 0.1) is 25.1 Å². The maximum Gasteiger partial charge on any atom is 0.239 e. The van der Waals surface area contributed by atoms with Crippen molar-refractivity contribution < 1.29 is 9.53 Å². The molecule has 3 aromatic carbocycles. The summed E-state index contributed by atoms with van der Waals surface area (Å²) < 4.78 is 5.27. The molecule has 0 saturated carbocycles. The molecule has 162 valence electrons. The third kappa shape index (κ3) is 5.39. The van der Waals surface area contributed by atoms with Crippen molar-refractivity contribution in [2.45, 2.75) is 18.4 Å². The Hall–Kier alpha value is -3.09. The van der Waals surface area contributed by atoms with Gasteiger partial charge in [0.1, 0.15) is 5.75 Å². The summed E-state index contributed by atoms with van der Waals surface area (Å²) >= 11 is 3.10. The van der Waals surface area contributed by atoms with Crippen LogP contribution in [0.2, 0.25) is 0 Å². The molecule has 6 heteroatoms. The van der Waals surface area contributed by atoms with Crippen molar-refractivity contribution in [2.24, 2.45) is 0 Å². The fraction of sp³-hybridized carbons (Fsp3) is 0.154. The van der Waals surface area contributed by atoms with Crippen molar-refractivity contribution in [1.82, 2.24) is 4.98 Å². The highest BCUT2D eigenvalue weighted by Crippen LogP contribution is 2.34. The van der Waals surface area contributed by atoms with E-state index < -0.39 is 0 Å². The quantitative estimate of drug-likeness (QED) is 0.283. The lowest BCUT2D eigenvalue weighted by molar-refractivity contribution is -0.116. The van der Waals surface area contributed by atoms with Crippen LogP contribution in [0.5, 0.6) is 5.75 Å². The van der Waals surface area contributed by atoms with Crippen LogP contribution < -0.4 is 9.64 Å². The number of ether oxygens (including phenoxy) is 1. The van der Waals surface area contributed by atoms with Gasteiger partial charge in [0, 0.05) is 15.3 Å². The Bertz CT molecular complexity index is 1160. The predicted molar refractivity (Wildman–Crippen MR) is 134 cm³/mol. The SMILES string of the molecule is COc1ccc(-c2nc(N(Cc3ccccc3)C(=O)CSc3ccccc3)sc2C)cc1. The summed E-state index contributed by atoms with van der Waals surface area (Å²) in [5.74, 6) is 1.20. The molecule has 0 bridgehead atoms. The smallest absolute Gasteiger partial charge is 0.239 e. The molecule has 0 unspecified atom stereocenters. The van der Waals surface area contributed by atoms with Gasteiger partial charge in [-0.15, -0.1) is 23.1 Å². The average Bonchev–Trinajstić information content (AvgIpc) is 3.23. The second-order valence-corrected chi connectivity index (χ2v) is 9.43. The number of amides is 1. The molecule has 1 aromatic heterocycles. The van der Waals surface area contributed by atoms with Gasteiger partial charge in [0.25, 0.3) is 0 Å². The van der Waals surface area contributed by atoms with Crippen molar-refractivity contribution in [2.75, 3.05) is 17.8 Å². The standard InChI is InChI=1S/C26H24N2O2S2/c1-19-25(21-13-15-22(30-2)16-14-21)27-26(32-19)28(17-20-9-5-3-6-10-20)24(29)18-31-23-11-7-4-8-12-23/h3-16H,17-18H2,1-2H3. The minimum atomic E-state index is 0.0396. The molecule has 0 aliphatic carbocycles. The first kappa shape index (κ1) is 22.1. The van der Waals surface area contributed by atoms with Crippen LogP contribution in [0.3, 0.4) is 0 Å². The highest BCUT2D eigenvalue weighted by atomic mass is 32.2. The molecule has 0 aliphatic heterocycles. The zero-order valence-electron chi connectivity index (χ0n) is 18.0. The second kappa shape index (κ2) is 10.5. The first-order valence-electron chi connectivity index (χ1n) is 10.3. The van der Waals surface area contributed by atoms with Gasteiger partial charge >= 0.3 is 0 Å². The zero-order valence-corrected chi connectivity index (χ0v) is 19.7. The Morgan fingerprint density at radius 3 is 2.28 bits per heavy atom. The Labute approximate surface area is 196 Å². The lowest BCUT2D eigenvalue weighted by Crippen LogP contribution is -2.31. The fourth-order valence-corrected chi connectivity index (χ4v) is 5.03. The zero-order chi connectivity index (χ0) is 22.3. The van der Waals surface area contributed by atoms with Gasteiger partial charge in [-0.2, -0.15) is 0 Å². The Kier molecular flexibility index (Phi) is 7.24. The summed E-state index contributed by atoms with van der Waals surface area (Å²) in [5.41, 5.74) is 2.98. The van der Waals surface area contributed by atoms with Crippen molar-refractivity contribution in [3.63, 3.8) is 0 Å². The predicted octanol–water partition coefficient (Wildman–Crippen LogP) is 6.45. The molecule has 0 saturated heterocycles. The van der Waals surface area contributed by atoms with E-state index in [1.165, 1.54) is 0 Å². The van der Waals surface area contributed by atoms with E-state index in [0.29, 0.717) is 12.3 Å². The molecule has 1 heterocycles. The van der Waals surface area contributed by atoms with E-state index >= 15 is 0 Å². The van der Waals surface area contributed by atoms with E-state index in [9.17, 15) is 4.79 Å². The van der Waals surface area contributed by atoms with Gasteiger partial charge in [-0.05, 0) is 48.9 Å². The number of hydrogen-bond donors (Lipinski definition) is 0. The topological polar surface area (TPSA) is 42.4 Å². The number of benzene rings is 3. The van der Waals surface area contributed by atoms with Crippen LogP contribution in [0.15, 0.2) is 89.8 Å². The molecule has 0 fully saturated rings. The molecular formula is C26H24N2O2S2. The molecule has 4 aromatic rings. The summed E-state index contributed by atoms with van der Waals surface area (Å²) in [7, 11) is 1.65. The van der Waals surface area contributed by atoms with E-state index in [4.69, 9.17) is 9.72 Å². The highest BCUT2D eigenvalue weighted by Gasteiger charge is 2.22. The largest absolute Gasteiger partial charge is 0.497 e. The minimum Gasteiger partial charge on any atom is -0.497 e. The third-order valence-corrected chi connectivity index (χ3v) is 6.96. The number of anilines is 1. The molecule has 0 N–H and O–H groups in total. The van der Waals surface area contributed by atoms with Crippen LogP contribution in [0.25, 0.3) is 11.3 Å². The van der Waals surface area contributed by atoms with Crippen LogP contribution in [0.1, 0.15) is 10.4 Å². The normalized spacial score (nSPS) is 10.7. The Morgan fingerprint density at radius 1 is 0.969 bits per heavy atom. The number of carbonyl (C=O) groups excluding carboxylic acids is 1. The van der Waals surface area contributed by atoms with Crippen molar-refractivity contribution in [3.8, 4) is 17.0 Å². The van der Waals surface area contributed by atoms with Crippen LogP contribution in [-0.4, -0.2) is 23.8 Å². The van der Waals surface area contributed by atoms with Gasteiger partial charge < -0.3 is 4.74 Å². The first-order chi connectivity index (χ1) is 15.6. The molecule has 4 nitrogen and oxygen atoms in total. The average molecular weight is 461 g/mol. The number of carbonyl (C=O) groups is 1. The summed E-state index contributed by atoms with van der Waals surface area (Å²) in [4.78, 5) is 22.2. The number of methoxy groups -OCH3 is 1. The van der Waals surface area contributed by atoms with E-state index in [0.717, 1.165) is 37.5 Å². The van der Waals surface area contributed by atoms with Gasteiger partial charge in [0.2, 0.25) is 5.91 Å². The van der Waals surface area contributed by atoms with Gasteiger partial charge in [0.15, 0.2) is 5.13 Å². The van der Waals surface area contributed by atoms with Crippen LogP contribution in [-0.2, 0) is 11.3 Å². The highest BCUT2D eigenvalue weighted by molar-refractivity contribution is 8.00. The van der Waals surface area contributed by atoms with E-state index in [-0.39, 0.29) is 5.91 Å². The van der Waals surface area contributed by atoms with Crippen molar-refractivity contribution >= 4 is 34.1 Å². The van der Waals surface area contributed by atoms with E-state index in [2.05, 4.69) is 0 Å². The number of thioether (sulfide) groups is 1. The summed E-state index contributed by atoms with van der Waals surface area (Å²) in [5, 5.41) is 0.718. The number of rotatable bonds is 8. The maximum absolute atomic E-state index is 13.3. The minimum absolute atomic E-state index is 0.0396. The molecule has 4 rings (SSSR count). The van der Waals surface area contributed by atoms with Gasteiger partial charge in [-0.25, -0.2) is 4.98 Å². The molecule has 0 radical (unpaired) electrons. The van der Waals surface area contributed by atoms with Gasteiger partial charge in [-0.1, -0.05) is 48.5 Å². The number of thiazole rings is 1. The monoisotopic (exact) mass is 460 g/mol. The Balaban J connectivity index is 1.61. The lowest BCUT2D eigenvalue weighted by Gasteiger charge is -2.20. The molecule has 1 amide bonds. The molecule has 0 aliphatic rings. The number of nitrogens with zero attached hydrogens (tertiary/aromatic N) is 2. The second-order valence-electron chi connectivity index (χ2n) is 7.20. The first-order valence-corrected chi connectivity index (χ1v) is 12.1. The molecule has 0 atom stereocenters. The number of hydrogen-bond acceptors (Lipinski definition) is 5. The van der Waals surface area contributed by atoms with Gasteiger partial charge in [-0.3, -0.25) is 9.69 Å². The number of aryl methyl sites for hydroxylation is 1. The Morgan fingerprint density at radius 2 is 1.62 bits per heavy atom. The summed E-state index contributed by atoms with van der Waals surface area (Å²) in [6.45, 7) is 2.54. The van der Waals surface area contributed by atoms with Crippen molar-refractivity contribution in [1.29, 1.82) is 0 Å².